The molecule has 0 saturated heterocycles. The monoisotopic (exact) mass is 246 g/mol. The molecule has 0 fully saturated rings. The molecule has 0 bridgehead atoms. The second kappa shape index (κ2) is 4.64. The quantitative estimate of drug-likeness (QED) is 0.761. The highest BCUT2D eigenvalue weighted by Crippen LogP contribution is 2.30. The molecule has 0 N–H and O–H groups in total. The standard InChI is InChI=1S/C11H15ClO2S/c1-11(2,3)10(14-4)8(13)9-7(12)5-6-15-9/h5-6,10H,1-4H3. The Hall–Kier alpha value is -0.380. The van der Waals surface area contributed by atoms with Crippen molar-refractivity contribution in [1.82, 2.24) is 0 Å². The molecule has 0 aliphatic heterocycles. The largest absolute Gasteiger partial charge is 0.373 e. The fraction of sp³-hybridized carbons (Fsp3) is 0.545. The smallest absolute Gasteiger partial charge is 0.203 e. The molecule has 0 aliphatic carbocycles. The molecule has 0 amide bonds. The number of thiophene rings is 1. The molecular formula is C11H15ClO2S. The summed E-state index contributed by atoms with van der Waals surface area (Å²) in [5.41, 5.74) is -0.223. The van der Waals surface area contributed by atoms with Crippen molar-refractivity contribution in [2.45, 2.75) is 26.9 Å². The third-order valence-electron chi connectivity index (χ3n) is 2.10. The second-order valence-electron chi connectivity index (χ2n) is 4.44. The first-order valence-electron chi connectivity index (χ1n) is 4.68. The van der Waals surface area contributed by atoms with Crippen LogP contribution in [0, 0.1) is 5.41 Å². The zero-order valence-corrected chi connectivity index (χ0v) is 10.9. The number of halogens is 1. The Morgan fingerprint density at radius 3 is 2.47 bits per heavy atom. The predicted octanol–water partition coefficient (Wildman–Crippen LogP) is 3.65. The lowest BCUT2D eigenvalue weighted by atomic mass is 9.86. The van der Waals surface area contributed by atoms with Crippen LogP contribution in [0.2, 0.25) is 5.02 Å². The third kappa shape index (κ3) is 2.80. The van der Waals surface area contributed by atoms with Gasteiger partial charge in [-0.3, -0.25) is 4.79 Å². The zero-order valence-electron chi connectivity index (χ0n) is 9.33. The van der Waals surface area contributed by atoms with Crippen LogP contribution in [0.4, 0.5) is 0 Å². The van der Waals surface area contributed by atoms with Crippen molar-refractivity contribution >= 4 is 28.7 Å². The highest BCUT2D eigenvalue weighted by Gasteiger charge is 2.33. The number of hydrogen-bond acceptors (Lipinski definition) is 3. The normalized spacial score (nSPS) is 13.9. The van der Waals surface area contributed by atoms with Gasteiger partial charge in [0.1, 0.15) is 6.10 Å². The van der Waals surface area contributed by atoms with Crippen LogP contribution < -0.4 is 0 Å². The zero-order chi connectivity index (χ0) is 11.6. The van der Waals surface area contributed by atoms with E-state index in [1.807, 2.05) is 26.2 Å². The summed E-state index contributed by atoms with van der Waals surface area (Å²) in [6, 6.07) is 1.73. The molecular weight excluding hydrogens is 232 g/mol. The van der Waals surface area contributed by atoms with Crippen molar-refractivity contribution in [3.63, 3.8) is 0 Å². The molecule has 2 nitrogen and oxygen atoms in total. The summed E-state index contributed by atoms with van der Waals surface area (Å²) in [5.74, 6) is -0.0370. The van der Waals surface area contributed by atoms with Gasteiger partial charge >= 0.3 is 0 Å². The van der Waals surface area contributed by atoms with Crippen LogP contribution in [-0.2, 0) is 4.74 Å². The molecule has 4 heteroatoms. The van der Waals surface area contributed by atoms with Gasteiger partial charge in [0.2, 0.25) is 5.78 Å². The van der Waals surface area contributed by atoms with E-state index in [1.54, 1.807) is 13.2 Å². The molecule has 1 aromatic rings. The molecule has 1 atom stereocenters. The number of Topliss-reactive ketones (excluding diaryl/α,β-unsaturated/α-hetero) is 1. The van der Waals surface area contributed by atoms with E-state index in [1.165, 1.54) is 11.3 Å². The number of carbonyl (C=O) groups is 1. The summed E-state index contributed by atoms with van der Waals surface area (Å²) in [7, 11) is 1.55. The number of methoxy groups -OCH3 is 1. The molecule has 0 radical (unpaired) electrons. The van der Waals surface area contributed by atoms with Gasteiger partial charge in [0.15, 0.2) is 0 Å². The molecule has 1 aromatic heterocycles. The fourth-order valence-corrected chi connectivity index (χ4v) is 2.55. The molecule has 1 rings (SSSR count). The van der Waals surface area contributed by atoms with E-state index in [4.69, 9.17) is 16.3 Å². The molecule has 0 saturated carbocycles. The van der Waals surface area contributed by atoms with E-state index in [-0.39, 0.29) is 11.2 Å². The van der Waals surface area contributed by atoms with Gasteiger partial charge in [-0.1, -0.05) is 32.4 Å². The average Bonchev–Trinajstić information content (AvgIpc) is 2.49. The van der Waals surface area contributed by atoms with Gasteiger partial charge in [-0.25, -0.2) is 0 Å². The second-order valence-corrected chi connectivity index (χ2v) is 5.77. The minimum atomic E-state index is -0.450. The van der Waals surface area contributed by atoms with Gasteiger partial charge in [0.25, 0.3) is 0 Å². The lowest BCUT2D eigenvalue weighted by molar-refractivity contribution is 0.0199. The van der Waals surface area contributed by atoms with Gasteiger partial charge in [-0.2, -0.15) is 0 Å². The Bertz CT molecular complexity index is 352. The number of ether oxygens (including phenoxy) is 1. The number of hydrogen-bond donors (Lipinski definition) is 0. The van der Waals surface area contributed by atoms with Gasteiger partial charge in [0.05, 0.1) is 9.90 Å². The fourth-order valence-electron chi connectivity index (χ4n) is 1.44. The maximum atomic E-state index is 12.1. The highest BCUT2D eigenvalue weighted by molar-refractivity contribution is 7.12. The van der Waals surface area contributed by atoms with Crippen molar-refractivity contribution in [3.8, 4) is 0 Å². The molecule has 15 heavy (non-hydrogen) atoms. The van der Waals surface area contributed by atoms with E-state index in [0.717, 1.165) is 0 Å². The predicted molar refractivity (Wildman–Crippen MR) is 63.9 cm³/mol. The van der Waals surface area contributed by atoms with E-state index < -0.39 is 6.10 Å². The number of ketones is 1. The summed E-state index contributed by atoms with van der Waals surface area (Å²) in [6.07, 6.45) is -0.450. The molecule has 1 unspecified atom stereocenters. The Balaban J connectivity index is 2.98. The topological polar surface area (TPSA) is 26.3 Å². The molecule has 0 spiro atoms. The van der Waals surface area contributed by atoms with Crippen LogP contribution >= 0.6 is 22.9 Å². The Kier molecular flexibility index (Phi) is 3.93. The highest BCUT2D eigenvalue weighted by atomic mass is 35.5. The Labute approximate surface area is 99.2 Å². The van der Waals surface area contributed by atoms with E-state index in [2.05, 4.69) is 0 Å². The maximum absolute atomic E-state index is 12.1. The van der Waals surface area contributed by atoms with Crippen molar-refractivity contribution in [1.29, 1.82) is 0 Å². The third-order valence-corrected chi connectivity index (χ3v) is 3.46. The van der Waals surface area contributed by atoms with E-state index in [0.29, 0.717) is 9.90 Å². The summed E-state index contributed by atoms with van der Waals surface area (Å²) in [5, 5.41) is 2.32. The average molecular weight is 247 g/mol. The van der Waals surface area contributed by atoms with Crippen molar-refractivity contribution in [2.24, 2.45) is 5.41 Å². The van der Waals surface area contributed by atoms with Crippen molar-refractivity contribution in [2.75, 3.05) is 7.11 Å². The molecule has 0 aliphatic rings. The minimum Gasteiger partial charge on any atom is -0.373 e. The van der Waals surface area contributed by atoms with Crippen molar-refractivity contribution in [3.05, 3.63) is 21.3 Å². The number of carbonyl (C=O) groups excluding carboxylic acids is 1. The van der Waals surface area contributed by atoms with Crippen LogP contribution in [0.3, 0.4) is 0 Å². The summed E-state index contributed by atoms with van der Waals surface area (Å²) in [4.78, 5) is 12.7. The van der Waals surface area contributed by atoms with Gasteiger partial charge in [0, 0.05) is 7.11 Å². The maximum Gasteiger partial charge on any atom is 0.203 e. The van der Waals surface area contributed by atoms with Gasteiger partial charge in [-0.05, 0) is 16.9 Å². The van der Waals surface area contributed by atoms with E-state index in [9.17, 15) is 4.79 Å². The van der Waals surface area contributed by atoms with Crippen LogP contribution in [0.5, 0.6) is 0 Å². The van der Waals surface area contributed by atoms with Crippen LogP contribution in [0.15, 0.2) is 11.4 Å². The minimum absolute atomic E-state index is 0.0370. The molecule has 84 valence electrons. The summed E-state index contributed by atoms with van der Waals surface area (Å²) < 4.78 is 5.25. The van der Waals surface area contributed by atoms with Crippen molar-refractivity contribution < 1.29 is 9.53 Å². The van der Waals surface area contributed by atoms with E-state index >= 15 is 0 Å². The summed E-state index contributed by atoms with van der Waals surface area (Å²) in [6.45, 7) is 5.92. The van der Waals surface area contributed by atoms with Crippen LogP contribution in [0.1, 0.15) is 30.4 Å². The lowest BCUT2D eigenvalue weighted by Gasteiger charge is -2.27. The summed E-state index contributed by atoms with van der Waals surface area (Å²) >= 11 is 7.28. The molecule has 0 aromatic carbocycles. The van der Waals surface area contributed by atoms with Crippen LogP contribution in [-0.4, -0.2) is 19.0 Å². The first kappa shape index (κ1) is 12.7. The first-order valence-corrected chi connectivity index (χ1v) is 5.93. The van der Waals surface area contributed by atoms with Gasteiger partial charge < -0.3 is 4.74 Å². The first-order chi connectivity index (χ1) is 6.88. The van der Waals surface area contributed by atoms with Crippen LogP contribution in [0.25, 0.3) is 0 Å². The Morgan fingerprint density at radius 2 is 2.13 bits per heavy atom. The lowest BCUT2D eigenvalue weighted by Crippen LogP contribution is -2.35. The SMILES string of the molecule is COC(C(=O)c1sccc1Cl)C(C)(C)C. The molecule has 1 heterocycles. The Morgan fingerprint density at radius 1 is 1.53 bits per heavy atom. The number of rotatable bonds is 3. The van der Waals surface area contributed by atoms with Gasteiger partial charge in [-0.15, -0.1) is 11.3 Å².